The summed E-state index contributed by atoms with van der Waals surface area (Å²) in [6.45, 7) is 5.75. The van der Waals surface area contributed by atoms with E-state index in [9.17, 15) is 13.6 Å². The van der Waals surface area contributed by atoms with Gasteiger partial charge in [-0.2, -0.15) is 0 Å². The van der Waals surface area contributed by atoms with Gasteiger partial charge in [0.1, 0.15) is 5.75 Å². The SMILES string of the molecule is C#Cc1c(F)c(F)cc2cc(OC(=O)N(C)C)cc(C(C)(C)C)c12. The molecule has 5 heteroatoms. The number of rotatable bonds is 1. The third-order valence-electron chi connectivity index (χ3n) is 3.63. The largest absolute Gasteiger partial charge is 0.414 e. The molecule has 0 aromatic heterocycles. The molecule has 0 radical (unpaired) electrons. The summed E-state index contributed by atoms with van der Waals surface area (Å²) in [6.07, 6.45) is 4.85. The van der Waals surface area contributed by atoms with Crippen molar-refractivity contribution in [1.29, 1.82) is 0 Å². The fourth-order valence-electron chi connectivity index (χ4n) is 2.44. The summed E-state index contributed by atoms with van der Waals surface area (Å²) in [5, 5.41) is 0.837. The van der Waals surface area contributed by atoms with Gasteiger partial charge in [-0.05, 0) is 34.6 Å². The van der Waals surface area contributed by atoms with Gasteiger partial charge in [0.2, 0.25) is 0 Å². The Balaban J connectivity index is 2.83. The first-order valence-electron chi connectivity index (χ1n) is 7.38. The van der Waals surface area contributed by atoms with E-state index in [-0.39, 0.29) is 11.3 Å². The van der Waals surface area contributed by atoms with E-state index >= 15 is 0 Å². The van der Waals surface area contributed by atoms with Crippen LogP contribution < -0.4 is 4.74 Å². The normalized spacial score (nSPS) is 11.2. The van der Waals surface area contributed by atoms with Crippen LogP contribution in [0, 0.1) is 24.0 Å². The number of halogens is 2. The van der Waals surface area contributed by atoms with Gasteiger partial charge in [-0.25, -0.2) is 13.6 Å². The summed E-state index contributed by atoms with van der Waals surface area (Å²) >= 11 is 0. The molecule has 2 rings (SSSR count). The number of amides is 1. The standard InChI is InChI=1S/C19H19F2NO2/c1-7-13-16-11(9-15(20)17(13)21)8-12(24-18(23)22(5)6)10-14(16)19(2,3)4/h1,8-10H,2-6H3. The highest BCUT2D eigenvalue weighted by Crippen LogP contribution is 2.37. The maximum absolute atomic E-state index is 14.1. The van der Waals surface area contributed by atoms with Gasteiger partial charge in [-0.15, -0.1) is 6.42 Å². The highest BCUT2D eigenvalue weighted by atomic mass is 19.2. The quantitative estimate of drug-likeness (QED) is 0.722. The Bertz CT molecular complexity index is 859. The topological polar surface area (TPSA) is 29.5 Å². The lowest BCUT2D eigenvalue weighted by atomic mass is 9.82. The summed E-state index contributed by atoms with van der Waals surface area (Å²) in [4.78, 5) is 13.1. The van der Waals surface area contributed by atoms with Gasteiger partial charge in [-0.3, -0.25) is 0 Å². The molecule has 2 aromatic carbocycles. The van der Waals surface area contributed by atoms with Crippen molar-refractivity contribution in [2.45, 2.75) is 26.2 Å². The zero-order valence-corrected chi connectivity index (χ0v) is 14.3. The molecule has 0 atom stereocenters. The summed E-state index contributed by atoms with van der Waals surface area (Å²) in [6, 6.07) is 4.19. The number of hydrogen-bond donors (Lipinski definition) is 0. The lowest BCUT2D eigenvalue weighted by Crippen LogP contribution is -2.25. The van der Waals surface area contributed by atoms with Gasteiger partial charge in [0.15, 0.2) is 11.6 Å². The van der Waals surface area contributed by atoms with Crippen LogP contribution in [0.4, 0.5) is 13.6 Å². The van der Waals surface area contributed by atoms with Gasteiger partial charge in [-0.1, -0.05) is 26.7 Å². The minimum absolute atomic E-state index is 0.125. The first kappa shape index (κ1) is 17.7. The minimum Gasteiger partial charge on any atom is -0.410 e. The summed E-state index contributed by atoms with van der Waals surface area (Å²) in [7, 11) is 3.11. The van der Waals surface area contributed by atoms with E-state index in [4.69, 9.17) is 11.2 Å². The van der Waals surface area contributed by atoms with Crippen LogP contribution in [0.15, 0.2) is 18.2 Å². The van der Waals surface area contributed by atoms with Crippen LogP contribution in [0.3, 0.4) is 0 Å². The van der Waals surface area contributed by atoms with E-state index in [1.54, 1.807) is 20.2 Å². The molecule has 0 unspecified atom stereocenters. The summed E-state index contributed by atoms with van der Waals surface area (Å²) in [5.74, 6) is 0.406. The molecule has 0 fully saturated rings. The van der Waals surface area contributed by atoms with Crippen LogP contribution in [0.5, 0.6) is 5.75 Å². The molecular weight excluding hydrogens is 312 g/mol. The number of carbonyl (C=O) groups is 1. The Morgan fingerprint density at radius 1 is 1.21 bits per heavy atom. The van der Waals surface area contributed by atoms with Crippen molar-refractivity contribution in [2.24, 2.45) is 0 Å². The van der Waals surface area contributed by atoms with Crippen LogP contribution in [-0.4, -0.2) is 25.1 Å². The van der Waals surface area contributed by atoms with Crippen molar-refractivity contribution in [3.05, 3.63) is 41.0 Å². The van der Waals surface area contributed by atoms with Gasteiger partial charge >= 0.3 is 6.09 Å². The molecule has 0 heterocycles. The molecule has 0 saturated carbocycles. The van der Waals surface area contributed by atoms with E-state index in [1.165, 1.54) is 11.0 Å². The molecule has 0 aliphatic carbocycles. The number of nitrogens with zero attached hydrogens (tertiary/aromatic N) is 1. The van der Waals surface area contributed by atoms with Crippen LogP contribution in [0.1, 0.15) is 31.9 Å². The molecular formula is C19H19F2NO2. The molecule has 1 amide bonds. The molecule has 0 N–H and O–H groups in total. The fourth-order valence-corrected chi connectivity index (χ4v) is 2.44. The van der Waals surface area contributed by atoms with Gasteiger partial charge in [0.05, 0.1) is 5.56 Å². The zero-order valence-electron chi connectivity index (χ0n) is 14.3. The molecule has 0 bridgehead atoms. The molecule has 126 valence electrons. The van der Waals surface area contributed by atoms with Crippen LogP contribution in [-0.2, 0) is 5.41 Å². The van der Waals surface area contributed by atoms with E-state index in [1.807, 2.05) is 20.8 Å². The second-order valence-corrected chi connectivity index (χ2v) is 6.77. The molecule has 24 heavy (non-hydrogen) atoms. The van der Waals surface area contributed by atoms with E-state index in [0.29, 0.717) is 16.3 Å². The molecule has 0 aliphatic heterocycles. The number of fused-ring (bicyclic) bond motifs is 1. The predicted octanol–water partition coefficient (Wildman–Crippen LogP) is 4.46. The molecule has 0 saturated heterocycles. The third kappa shape index (κ3) is 3.18. The lowest BCUT2D eigenvalue weighted by molar-refractivity contribution is 0.172. The van der Waals surface area contributed by atoms with Gasteiger partial charge < -0.3 is 9.64 Å². The van der Waals surface area contributed by atoms with Crippen molar-refractivity contribution in [1.82, 2.24) is 4.90 Å². The Morgan fingerprint density at radius 3 is 2.33 bits per heavy atom. The molecule has 0 spiro atoms. The van der Waals surface area contributed by atoms with Crippen molar-refractivity contribution < 1.29 is 18.3 Å². The van der Waals surface area contributed by atoms with Crippen LogP contribution in [0.25, 0.3) is 10.8 Å². The molecule has 0 aliphatic rings. The monoisotopic (exact) mass is 331 g/mol. The molecule has 2 aromatic rings. The third-order valence-corrected chi connectivity index (χ3v) is 3.63. The maximum atomic E-state index is 14.1. The number of hydrogen-bond acceptors (Lipinski definition) is 2. The Hall–Kier alpha value is -2.61. The van der Waals surface area contributed by atoms with Crippen LogP contribution in [0.2, 0.25) is 0 Å². The number of ether oxygens (including phenoxy) is 1. The zero-order chi connectivity index (χ0) is 18.2. The van der Waals surface area contributed by atoms with E-state index < -0.39 is 23.1 Å². The smallest absolute Gasteiger partial charge is 0.410 e. The fraction of sp³-hybridized carbons (Fsp3) is 0.316. The number of carbonyl (C=O) groups excluding carboxylic acids is 1. The molecule has 3 nitrogen and oxygen atoms in total. The van der Waals surface area contributed by atoms with Crippen molar-refractivity contribution in [3.63, 3.8) is 0 Å². The van der Waals surface area contributed by atoms with Crippen molar-refractivity contribution in [3.8, 4) is 18.1 Å². The lowest BCUT2D eigenvalue weighted by Gasteiger charge is -2.24. The first-order valence-corrected chi connectivity index (χ1v) is 7.38. The highest BCUT2D eigenvalue weighted by molar-refractivity contribution is 5.93. The Labute approximate surface area is 140 Å². The average Bonchev–Trinajstić information content (AvgIpc) is 2.47. The highest BCUT2D eigenvalue weighted by Gasteiger charge is 2.24. The first-order chi connectivity index (χ1) is 11.1. The average molecular weight is 331 g/mol. The second kappa shape index (κ2) is 6.12. The number of benzene rings is 2. The van der Waals surface area contributed by atoms with Crippen molar-refractivity contribution in [2.75, 3.05) is 14.1 Å². The number of terminal acetylenes is 1. The predicted molar refractivity (Wildman–Crippen MR) is 90.2 cm³/mol. The summed E-state index contributed by atoms with van der Waals surface area (Å²) < 4.78 is 33.2. The van der Waals surface area contributed by atoms with E-state index in [2.05, 4.69) is 5.92 Å². The Kier molecular flexibility index (Phi) is 4.52. The van der Waals surface area contributed by atoms with Crippen LogP contribution >= 0.6 is 0 Å². The van der Waals surface area contributed by atoms with Gasteiger partial charge in [0, 0.05) is 19.5 Å². The maximum Gasteiger partial charge on any atom is 0.414 e. The Morgan fingerprint density at radius 2 is 1.83 bits per heavy atom. The van der Waals surface area contributed by atoms with E-state index in [0.717, 1.165) is 6.07 Å². The summed E-state index contributed by atoms with van der Waals surface area (Å²) in [5.41, 5.74) is 0.128. The van der Waals surface area contributed by atoms with Gasteiger partial charge in [0.25, 0.3) is 0 Å². The van der Waals surface area contributed by atoms with Crippen molar-refractivity contribution >= 4 is 16.9 Å². The minimum atomic E-state index is -1.05. The second-order valence-electron chi connectivity index (χ2n) is 6.77.